The second kappa shape index (κ2) is 5.27. The molecular formula is C15H28N2. The third kappa shape index (κ3) is 2.68. The van der Waals surface area contributed by atoms with Crippen molar-refractivity contribution in [3.8, 4) is 0 Å². The van der Waals surface area contributed by atoms with E-state index in [1.807, 2.05) is 0 Å². The van der Waals surface area contributed by atoms with Gasteiger partial charge in [0, 0.05) is 13.1 Å². The molecular weight excluding hydrogens is 208 g/mol. The van der Waals surface area contributed by atoms with Crippen LogP contribution in [-0.2, 0) is 0 Å². The standard InChI is InChI=1S/C15H28N2/c1-12-8-16-9-15(12)11-17-7-6-13-4-2-3-5-14(13)10-17/h12-16H,2-11H2,1H3. The van der Waals surface area contributed by atoms with Crippen LogP contribution in [0.1, 0.15) is 39.0 Å². The number of hydrogen-bond acceptors (Lipinski definition) is 2. The van der Waals surface area contributed by atoms with Crippen LogP contribution in [0.25, 0.3) is 0 Å². The summed E-state index contributed by atoms with van der Waals surface area (Å²) in [6, 6.07) is 0. The highest BCUT2D eigenvalue weighted by atomic mass is 15.1. The van der Waals surface area contributed by atoms with Crippen LogP contribution < -0.4 is 5.32 Å². The van der Waals surface area contributed by atoms with E-state index < -0.39 is 0 Å². The van der Waals surface area contributed by atoms with Gasteiger partial charge in [0.15, 0.2) is 0 Å². The fourth-order valence-electron chi connectivity index (χ4n) is 4.28. The summed E-state index contributed by atoms with van der Waals surface area (Å²) < 4.78 is 0. The minimum atomic E-state index is 0.888. The van der Waals surface area contributed by atoms with E-state index >= 15 is 0 Å². The summed E-state index contributed by atoms with van der Waals surface area (Å²) in [4.78, 5) is 2.78. The van der Waals surface area contributed by atoms with Crippen molar-refractivity contribution in [2.45, 2.75) is 39.0 Å². The smallest absolute Gasteiger partial charge is 0.00249 e. The van der Waals surface area contributed by atoms with Crippen LogP contribution in [0.3, 0.4) is 0 Å². The molecule has 3 rings (SSSR count). The molecule has 2 heterocycles. The van der Waals surface area contributed by atoms with E-state index in [1.54, 1.807) is 0 Å². The topological polar surface area (TPSA) is 15.3 Å². The summed E-state index contributed by atoms with van der Waals surface area (Å²) in [6.07, 6.45) is 7.53. The normalized spacial score (nSPS) is 43.6. The highest BCUT2D eigenvalue weighted by molar-refractivity contribution is 4.87. The molecule has 2 heteroatoms. The Morgan fingerprint density at radius 1 is 1.06 bits per heavy atom. The molecule has 4 atom stereocenters. The molecule has 0 aromatic heterocycles. The van der Waals surface area contributed by atoms with Gasteiger partial charge < -0.3 is 10.2 Å². The van der Waals surface area contributed by atoms with Gasteiger partial charge in [-0.1, -0.05) is 26.2 Å². The van der Waals surface area contributed by atoms with E-state index in [1.165, 1.54) is 64.8 Å². The molecule has 2 saturated heterocycles. The number of nitrogens with one attached hydrogen (secondary N) is 1. The van der Waals surface area contributed by atoms with E-state index in [0.717, 1.165) is 23.7 Å². The van der Waals surface area contributed by atoms with Gasteiger partial charge in [0.25, 0.3) is 0 Å². The predicted molar refractivity (Wildman–Crippen MR) is 72.0 cm³/mol. The summed E-state index contributed by atoms with van der Waals surface area (Å²) in [7, 11) is 0. The Hall–Kier alpha value is -0.0800. The molecule has 4 unspecified atom stereocenters. The molecule has 98 valence electrons. The van der Waals surface area contributed by atoms with Crippen molar-refractivity contribution >= 4 is 0 Å². The van der Waals surface area contributed by atoms with E-state index in [4.69, 9.17) is 0 Å². The average Bonchev–Trinajstić information content (AvgIpc) is 2.75. The van der Waals surface area contributed by atoms with Gasteiger partial charge in [0.05, 0.1) is 0 Å². The number of piperidine rings is 1. The van der Waals surface area contributed by atoms with Gasteiger partial charge >= 0.3 is 0 Å². The van der Waals surface area contributed by atoms with Crippen LogP contribution in [0, 0.1) is 23.7 Å². The molecule has 1 saturated carbocycles. The van der Waals surface area contributed by atoms with Crippen molar-refractivity contribution in [2.24, 2.45) is 23.7 Å². The summed E-state index contributed by atoms with van der Waals surface area (Å²) in [6.45, 7) is 9.06. The second-order valence-corrected chi connectivity index (χ2v) is 6.75. The molecule has 0 bridgehead atoms. The van der Waals surface area contributed by atoms with Crippen LogP contribution in [0.4, 0.5) is 0 Å². The fraction of sp³-hybridized carbons (Fsp3) is 1.00. The second-order valence-electron chi connectivity index (χ2n) is 6.75. The van der Waals surface area contributed by atoms with Gasteiger partial charge in [0.1, 0.15) is 0 Å². The van der Waals surface area contributed by atoms with E-state index in [-0.39, 0.29) is 0 Å². The quantitative estimate of drug-likeness (QED) is 0.792. The molecule has 0 spiro atoms. The molecule has 0 aromatic carbocycles. The highest BCUT2D eigenvalue weighted by Crippen LogP contribution is 2.36. The lowest BCUT2D eigenvalue weighted by molar-refractivity contribution is 0.0735. The summed E-state index contributed by atoms with van der Waals surface area (Å²) in [5.41, 5.74) is 0. The number of fused-ring (bicyclic) bond motifs is 1. The van der Waals surface area contributed by atoms with Crippen LogP contribution in [-0.4, -0.2) is 37.6 Å². The lowest BCUT2D eigenvalue weighted by Crippen LogP contribution is -2.44. The maximum Gasteiger partial charge on any atom is 0.00249 e. The Kier molecular flexibility index (Phi) is 3.72. The van der Waals surface area contributed by atoms with Crippen LogP contribution in [0.15, 0.2) is 0 Å². The van der Waals surface area contributed by atoms with Gasteiger partial charge in [-0.3, -0.25) is 0 Å². The van der Waals surface area contributed by atoms with Crippen LogP contribution >= 0.6 is 0 Å². The van der Waals surface area contributed by atoms with Gasteiger partial charge in [-0.2, -0.15) is 0 Å². The third-order valence-corrected chi connectivity index (χ3v) is 5.55. The van der Waals surface area contributed by atoms with Crippen molar-refractivity contribution in [2.75, 3.05) is 32.7 Å². The van der Waals surface area contributed by atoms with Crippen molar-refractivity contribution in [3.05, 3.63) is 0 Å². The Morgan fingerprint density at radius 3 is 2.65 bits per heavy atom. The molecule has 17 heavy (non-hydrogen) atoms. The molecule has 1 aliphatic carbocycles. The summed E-state index contributed by atoms with van der Waals surface area (Å²) in [5, 5.41) is 3.54. The number of rotatable bonds is 2. The first kappa shape index (κ1) is 12.0. The van der Waals surface area contributed by atoms with Crippen molar-refractivity contribution in [3.63, 3.8) is 0 Å². The Morgan fingerprint density at radius 2 is 1.88 bits per heavy atom. The zero-order chi connectivity index (χ0) is 11.7. The zero-order valence-electron chi connectivity index (χ0n) is 11.3. The lowest BCUT2D eigenvalue weighted by Gasteiger charge is -2.42. The Bertz CT molecular complexity index is 253. The number of likely N-dealkylation sites (tertiary alicyclic amines) is 1. The lowest BCUT2D eigenvalue weighted by atomic mass is 9.75. The zero-order valence-corrected chi connectivity index (χ0v) is 11.3. The predicted octanol–water partition coefficient (Wildman–Crippen LogP) is 2.35. The molecule has 3 aliphatic rings. The Balaban J connectivity index is 1.51. The molecule has 0 radical (unpaired) electrons. The van der Waals surface area contributed by atoms with Crippen molar-refractivity contribution < 1.29 is 0 Å². The molecule has 2 aliphatic heterocycles. The summed E-state index contributed by atoms with van der Waals surface area (Å²) in [5.74, 6) is 3.93. The number of nitrogens with zero attached hydrogens (tertiary/aromatic N) is 1. The fourth-order valence-corrected chi connectivity index (χ4v) is 4.28. The summed E-state index contributed by atoms with van der Waals surface area (Å²) >= 11 is 0. The van der Waals surface area contributed by atoms with Gasteiger partial charge in [-0.15, -0.1) is 0 Å². The Labute approximate surface area is 106 Å². The first-order chi connectivity index (χ1) is 8.33. The first-order valence-corrected chi connectivity index (χ1v) is 7.76. The van der Waals surface area contributed by atoms with Gasteiger partial charge in [0.2, 0.25) is 0 Å². The highest BCUT2D eigenvalue weighted by Gasteiger charge is 2.33. The molecule has 2 nitrogen and oxygen atoms in total. The van der Waals surface area contributed by atoms with E-state index in [0.29, 0.717) is 0 Å². The van der Waals surface area contributed by atoms with Crippen molar-refractivity contribution in [1.29, 1.82) is 0 Å². The minimum absolute atomic E-state index is 0.888. The third-order valence-electron chi connectivity index (χ3n) is 5.55. The molecule has 0 aromatic rings. The molecule has 3 fully saturated rings. The minimum Gasteiger partial charge on any atom is -0.316 e. The maximum atomic E-state index is 3.54. The largest absolute Gasteiger partial charge is 0.316 e. The SMILES string of the molecule is CC1CNCC1CN1CCC2CCCCC2C1. The maximum absolute atomic E-state index is 3.54. The monoisotopic (exact) mass is 236 g/mol. The molecule has 1 N–H and O–H groups in total. The number of hydrogen-bond donors (Lipinski definition) is 1. The van der Waals surface area contributed by atoms with Crippen LogP contribution in [0.2, 0.25) is 0 Å². The van der Waals surface area contributed by atoms with E-state index in [2.05, 4.69) is 17.1 Å². The van der Waals surface area contributed by atoms with E-state index in [9.17, 15) is 0 Å². The van der Waals surface area contributed by atoms with Crippen LogP contribution in [0.5, 0.6) is 0 Å². The molecule has 0 amide bonds. The van der Waals surface area contributed by atoms with Gasteiger partial charge in [-0.05, 0) is 56.1 Å². The first-order valence-electron chi connectivity index (χ1n) is 7.76. The van der Waals surface area contributed by atoms with Crippen molar-refractivity contribution in [1.82, 2.24) is 10.2 Å². The van der Waals surface area contributed by atoms with Gasteiger partial charge in [-0.25, -0.2) is 0 Å². The average molecular weight is 236 g/mol.